The van der Waals surface area contributed by atoms with E-state index in [1.54, 1.807) is 0 Å². The Labute approximate surface area is 109 Å². The van der Waals surface area contributed by atoms with Crippen molar-refractivity contribution in [3.8, 4) is 0 Å². The molecule has 1 aliphatic rings. The zero-order valence-electron chi connectivity index (χ0n) is 11.1. The Balaban J connectivity index is 1.68. The number of aliphatic hydroxyl groups excluding tert-OH is 1. The second-order valence-electron chi connectivity index (χ2n) is 4.90. The van der Waals surface area contributed by atoms with Crippen LogP contribution >= 0.6 is 0 Å². The number of likely N-dealkylation sites (tertiary alicyclic amines) is 1. The van der Waals surface area contributed by atoms with Crippen LogP contribution in [-0.4, -0.2) is 47.3 Å². The molecule has 0 bridgehead atoms. The molecule has 0 aromatic carbocycles. The molecule has 1 aliphatic heterocycles. The molecule has 0 spiro atoms. The minimum atomic E-state index is -0.0857. The van der Waals surface area contributed by atoms with Crippen LogP contribution in [0.2, 0.25) is 0 Å². The van der Waals surface area contributed by atoms with E-state index in [-0.39, 0.29) is 6.10 Å². The van der Waals surface area contributed by atoms with E-state index in [1.807, 2.05) is 12.3 Å². The molecule has 1 aromatic rings. The highest BCUT2D eigenvalue weighted by Crippen LogP contribution is 2.09. The summed E-state index contributed by atoms with van der Waals surface area (Å²) in [4.78, 5) is 6.76. The maximum absolute atomic E-state index is 9.43. The van der Waals surface area contributed by atoms with Gasteiger partial charge in [-0.2, -0.15) is 0 Å². The van der Waals surface area contributed by atoms with Crippen molar-refractivity contribution < 1.29 is 5.11 Å². The lowest BCUT2D eigenvalue weighted by molar-refractivity contribution is 0.0845. The summed E-state index contributed by atoms with van der Waals surface area (Å²) in [7, 11) is 0. The van der Waals surface area contributed by atoms with Gasteiger partial charge in [0.05, 0.1) is 6.10 Å². The summed E-state index contributed by atoms with van der Waals surface area (Å²) in [5, 5.41) is 12.8. The van der Waals surface area contributed by atoms with Crippen molar-refractivity contribution in [3.05, 3.63) is 23.9 Å². The van der Waals surface area contributed by atoms with Crippen LogP contribution in [-0.2, 0) is 6.42 Å². The Morgan fingerprint density at radius 2 is 2.17 bits per heavy atom. The van der Waals surface area contributed by atoms with Gasteiger partial charge in [0.25, 0.3) is 0 Å². The number of aryl methyl sites for hydroxylation is 1. The Hall–Kier alpha value is -1.13. The predicted molar refractivity (Wildman–Crippen MR) is 73.8 cm³/mol. The first kappa shape index (κ1) is 13.3. The molecule has 2 rings (SSSR count). The molecule has 4 heteroatoms. The maximum atomic E-state index is 9.43. The standard InChI is InChI=1S/C14H23N3O/c1-2-12-3-4-14(16-11-12)15-7-10-17-8-5-13(18)6-9-17/h3-4,11,13,18H,2,5-10H2,1H3,(H,15,16). The molecule has 1 fully saturated rings. The molecule has 0 radical (unpaired) electrons. The average molecular weight is 249 g/mol. The summed E-state index contributed by atoms with van der Waals surface area (Å²) in [6.07, 6.45) is 4.69. The van der Waals surface area contributed by atoms with Gasteiger partial charge in [0.15, 0.2) is 0 Å². The second kappa shape index (κ2) is 6.71. The summed E-state index contributed by atoms with van der Waals surface area (Å²) in [6.45, 7) is 6.07. The summed E-state index contributed by atoms with van der Waals surface area (Å²) < 4.78 is 0. The SMILES string of the molecule is CCc1ccc(NCCN2CCC(O)CC2)nc1. The quantitative estimate of drug-likeness (QED) is 0.830. The van der Waals surface area contributed by atoms with Crippen molar-refractivity contribution in [2.45, 2.75) is 32.3 Å². The van der Waals surface area contributed by atoms with E-state index in [0.29, 0.717) is 0 Å². The molecule has 1 aromatic heterocycles. The van der Waals surface area contributed by atoms with Crippen LogP contribution in [0.25, 0.3) is 0 Å². The third kappa shape index (κ3) is 3.96. The van der Waals surface area contributed by atoms with E-state index in [9.17, 15) is 5.11 Å². The molecular formula is C14H23N3O. The van der Waals surface area contributed by atoms with E-state index in [1.165, 1.54) is 5.56 Å². The molecule has 2 N–H and O–H groups in total. The molecule has 0 atom stereocenters. The number of nitrogens with zero attached hydrogens (tertiary/aromatic N) is 2. The number of hydrogen-bond acceptors (Lipinski definition) is 4. The van der Waals surface area contributed by atoms with E-state index >= 15 is 0 Å². The summed E-state index contributed by atoms with van der Waals surface area (Å²) in [5.41, 5.74) is 1.27. The van der Waals surface area contributed by atoms with Crippen molar-refractivity contribution in [1.29, 1.82) is 0 Å². The maximum Gasteiger partial charge on any atom is 0.125 e. The van der Waals surface area contributed by atoms with Crippen molar-refractivity contribution in [1.82, 2.24) is 9.88 Å². The van der Waals surface area contributed by atoms with Gasteiger partial charge in [0.2, 0.25) is 0 Å². The van der Waals surface area contributed by atoms with Gasteiger partial charge >= 0.3 is 0 Å². The minimum Gasteiger partial charge on any atom is -0.393 e. The lowest BCUT2D eigenvalue weighted by Crippen LogP contribution is -2.38. The highest BCUT2D eigenvalue weighted by molar-refractivity contribution is 5.35. The number of aliphatic hydroxyl groups is 1. The lowest BCUT2D eigenvalue weighted by atomic mass is 10.1. The van der Waals surface area contributed by atoms with Gasteiger partial charge in [-0.25, -0.2) is 4.98 Å². The summed E-state index contributed by atoms with van der Waals surface area (Å²) in [6, 6.07) is 4.16. The fraction of sp³-hybridized carbons (Fsp3) is 0.643. The third-order valence-corrected chi connectivity index (χ3v) is 3.52. The highest BCUT2D eigenvalue weighted by atomic mass is 16.3. The Bertz CT molecular complexity index is 345. The van der Waals surface area contributed by atoms with Crippen molar-refractivity contribution in [2.24, 2.45) is 0 Å². The molecule has 4 nitrogen and oxygen atoms in total. The second-order valence-corrected chi connectivity index (χ2v) is 4.90. The molecule has 18 heavy (non-hydrogen) atoms. The number of aromatic nitrogens is 1. The normalized spacial score (nSPS) is 17.9. The molecule has 0 unspecified atom stereocenters. The number of nitrogens with one attached hydrogen (secondary N) is 1. The smallest absolute Gasteiger partial charge is 0.125 e. The van der Waals surface area contributed by atoms with Crippen LogP contribution in [0.5, 0.6) is 0 Å². The van der Waals surface area contributed by atoms with Crippen molar-refractivity contribution in [3.63, 3.8) is 0 Å². The summed E-state index contributed by atoms with van der Waals surface area (Å²) in [5.74, 6) is 0.948. The van der Waals surface area contributed by atoms with Crippen molar-refractivity contribution >= 4 is 5.82 Å². The van der Waals surface area contributed by atoms with Gasteiger partial charge in [-0.05, 0) is 30.9 Å². The molecule has 100 valence electrons. The first-order chi connectivity index (χ1) is 8.78. The van der Waals surface area contributed by atoms with Crippen LogP contribution in [0.1, 0.15) is 25.3 Å². The molecule has 0 amide bonds. The van der Waals surface area contributed by atoms with E-state index in [4.69, 9.17) is 0 Å². The summed E-state index contributed by atoms with van der Waals surface area (Å²) >= 11 is 0. The number of anilines is 1. The molecule has 2 heterocycles. The van der Waals surface area contributed by atoms with E-state index in [2.05, 4.69) is 28.2 Å². The number of piperidine rings is 1. The Morgan fingerprint density at radius 3 is 2.78 bits per heavy atom. The number of hydrogen-bond donors (Lipinski definition) is 2. The molecule has 0 aliphatic carbocycles. The average Bonchev–Trinajstić information content (AvgIpc) is 2.42. The van der Waals surface area contributed by atoms with Gasteiger partial charge in [0, 0.05) is 32.4 Å². The van der Waals surface area contributed by atoms with Crippen LogP contribution < -0.4 is 5.32 Å². The monoisotopic (exact) mass is 249 g/mol. The topological polar surface area (TPSA) is 48.4 Å². The van der Waals surface area contributed by atoms with Gasteiger partial charge in [0.1, 0.15) is 5.82 Å². The van der Waals surface area contributed by atoms with Crippen LogP contribution in [0, 0.1) is 0 Å². The number of pyridine rings is 1. The zero-order chi connectivity index (χ0) is 12.8. The fourth-order valence-electron chi connectivity index (χ4n) is 2.22. The first-order valence-electron chi connectivity index (χ1n) is 6.87. The molecule has 1 saturated heterocycles. The van der Waals surface area contributed by atoms with Gasteiger partial charge < -0.3 is 15.3 Å². The van der Waals surface area contributed by atoms with Crippen molar-refractivity contribution in [2.75, 3.05) is 31.5 Å². The van der Waals surface area contributed by atoms with Crippen LogP contribution in [0.3, 0.4) is 0 Å². The molecular weight excluding hydrogens is 226 g/mol. The minimum absolute atomic E-state index is 0.0857. The van der Waals surface area contributed by atoms with Gasteiger partial charge in [-0.1, -0.05) is 13.0 Å². The largest absolute Gasteiger partial charge is 0.393 e. The highest BCUT2D eigenvalue weighted by Gasteiger charge is 2.15. The molecule has 0 saturated carbocycles. The number of rotatable bonds is 5. The zero-order valence-corrected chi connectivity index (χ0v) is 11.1. The van der Waals surface area contributed by atoms with Crippen LogP contribution in [0.4, 0.5) is 5.82 Å². The van der Waals surface area contributed by atoms with Gasteiger partial charge in [-0.15, -0.1) is 0 Å². The Morgan fingerprint density at radius 1 is 1.39 bits per heavy atom. The van der Waals surface area contributed by atoms with E-state index < -0.39 is 0 Å². The predicted octanol–water partition coefficient (Wildman–Crippen LogP) is 1.51. The van der Waals surface area contributed by atoms with Gasteiger partial charge in [-0.3, -0.25) is 0 Å². The fourth-order valence-corrected chi connectivity index (χ4v) is 2.22. The van der Waals surface area contributed by atoms with E-state index in [0.717, 1.165) is 51.3 Å². The van der Waals surface area contributed by atoms with Crippen LogP contribution in [0.15, 0.2) is 18.3 Å². The Kier molecular flexibility index (Phi) is 4.96. The first-order valence-corrected chi connectivity index (χ1v) is 6.87. The lowest BCUT2D eigenvalue weighted by Gasteiger charge is -2.29. The third-order valence-electron chi connectivity index (χ3n) is 3.52.